The van der Waals surface area contributed by atoms with Crippen LogP contribution in [0.3, 0.4) is 0 Å². The van der Waals surface area contributed by atoms with E-state index in [1.165, 1.54) is 0 Å². The second-order valence-electron chi connectivity index (χ2n) is 7.72. The van der Waals surface area contributed by atoms with Gasteiger partial charge in [-0.05, 0) is 42.7 Å². The van der Waals surface area contributed by atoms with Gasteiger partial charge < -0.3 is 14.2 Å². The molecule has 0 aliphatic carbocycles. The highest BCUT2D eigenvalue weighted by atomic mass is 35.5. The Kier molecular flexibility index (Phi) is 6.04. The molecule has 1 saturated heterocycles. The van der Waals surface area contributed by atoms with Gasteiger partial charge in [0.25, 0.3) is 0 Å². The summed E-state index contributed by atoms with van der Waals surface area (Å²) >= 11 is 5.93. The van der Waals surface area contributed by atoms with Crippen LogP contribution in [0.4, 0.5) is 0 Å². The van der Waals surface area contributed by atoms with Gasteiger partial charge in [-0.3, -0.25) is 9.59 Å². The van der Waals surface area contributed by atoms with E-state index in [1.807, 2.05) is 48.5 Å². The van der Waals surface area contributed by atoms with Gasteiger partial charge in [0.2, 0.25) is 17.7 Å². The molecule has 1 fully saturated rings. The van der Waals surface area contributed by atoms with E-state index in [-0.39, 0.29) is 17.7 Å². The summed E-state index contributed by atoms with van der Waals surface area (Å²) < 4.78 is 5.73. The molecular formula is C23H24ClN3O3. The van der Waals surface area contributed by atoms with Crippen LogP contribution in [0.25, 0.3) is 11.1 Å². The normalized spacial score (nSPS) is 16.8. The molecule has 1 unspecified atom stereocenters. The molecule has 3 aromatic rings. The van der Waals surface area contributed by atoms with E-state index in [0.29, 0.717) is 49.0 Å². The molecule has 0 bridgehead atoms. The van der Waals surface area contributed by atoms with Crippen LogP contribution in [0.5, 0.6) is 0 Å². The number of benzene rings is 2. The third-order valence-electron chi connectivity index (χ3n) is 5.52. The topological polar surface area (TPSA) is 66.7 Å². The van der Waals surface area contributed by atoms with Crippen molar-refractivity contribution < 1.29 is 14.0 Å². The van der Waals surface area contributed by atoms with Gasteiger partial charge in [-0.15, -0.1) is 0 Å². The van der Waals surface area contributed by atoms with Crippen LogP contribution in [0.15, 0.2) is 52.9 Å². The van der Waals surface area contributed by atoms with Gasteiger partial charge in [0, 0.05) is 31.6 Å². The lowest BCUT2D eigenvalue weighted by Gasteiger charge is -2.33. The Bertz CT molecular complexity index is 1010. The van der Waals surface area contributed by atoms with Crippen molar-refractivity contribution in [3.8, 4) is 0 Å². The van der Waals surface area contributed by atoms with Gasteiger partial charge in [0.05, 0.1) is 12.5 Å². The SMILES string of the molecule is CN(Cc1nc2ccccc2o1)C(=O)C1CCC(=O)N(CCc2ccc(Cl)cc2)C1. The first-order valence-corrected chi connectivity index (χ1v) is 10.5. The molecule has 1 aromatic heterocycles. The Balaban J connectivity index is 1.35. The third kappa shape index (κ3) is 4.65. The number of aromatic nitrogens is 1. The fourth-order valence-electron chi connectivity index (χ4n) is 3.83. The molecule has 4 rings (SSSR count). The second kappa shape index (κ2) is 8.88. The van der Waals surface area contributed by atoms with Gasteiger partial charge in [0.1, 0.15) is 5.52 Å². The zero-order valence-electron chi connectivity index (χ0n) is 16.9. The average molecular weight is 426 g/mol. The standard InChI is InChI=1S/C23H24ClN3O3/c1-26(15-21-25-19-4-2-3-5-20(19)30-21)23(29)17-8-11-22(28)27(14-17)13-12-16-6-9-18(24)10-7-16/h2-7,9-10,17H,8,11-15H2,1H3. The molecule has 30 heavy (non-hydrogen) atoms. The number of para-hydroxylation sites is 2. The first-order chi connectivity index (χ1) is 14.5. The molecule has 7 heteroatoms. The molecule has 0 N–H and O–H groups in total. The average Bonchev–Trinajstić information content (AvgIpc) is 3.16. The number of oxazole rings is 1. The Morgan fingerprint density at radius 1 is 1.23 bits per heavy atom. The van der Waals surface area contributed by atoms with Gasteiger partial charge in [-0.25, -0.2) is 4.98 Å². The van der Waals surface area contributed by atoms with Crippen molar-refractivity contribution in [3.05, 3.63) is 65.0 Å². The highest BCUT2D eigenvalue weighted by Crippen LogP contribution is 2.22. The number of hydrogen-bond donors (Lipinski definition) is 0. The molecule has 1 atom stereocenters. The number of fused-ring (bicyclic) bond motifs is 1. The molecule has 0 saturated carbocycles. The van der Waals surface area contributed by atoms with E-state index >= 15 is 0 Å². The lowest BCUT2D eigenvalue weighted by molar-refractivity contribution is -0.142. The van der Waals surface area contributed by atoms with Crippen molar-refractivity contribution >= 4 is 34.5 Å². The molecule has 0 radical (unpaired) electrons. The molecule has 2 amide bonds. The maximum atomic E-state index is 13.0. The largest absolute Gasteiger partial charge is 0.439 e. The van der Waals surface area contributed by atoms with Crippen molar-refractivity contribution in [2.75, 3.05) is 20.1 Å². The molecule has 156 valence electrons. The molecule has 0 spiro atoms. The maximum absolute atomic E-state index is 13.0. The van der Waals surface area contributed by atoms with Gasteiger partial charge in [-0.2, -0.15) is 0 Å². The summed E-state index contributed by atoms with van der Waals surface area (Å²) in [4.78, 5) is 33.2. The molecule has 1 aliphatic heterocycles. The maximum Gasteiger partial charge on any atom is 0.227 e. The van der Waals surface area contributed by atoms with E-state index in [0.717, 1.165) is 17.5 Å². The summed E-state index contributed by atoms with van der Waals surface area (Å²) in [7, 11) is 1.76. The number of halogens is 1. The number of carbonyl (C=O) groups is 2. The van der Waals surface area contributed by atoms with E-state index in [1.54, 1.807) is 16.8 Å². The van der Waals surface area contributed by atoms with Crippen molar-refractivity contribution in [3.63, 3.8) is 0 Å². The zero-order chi connectivity index (χ0) is 21.1. The highest BCUT2D eigenvalue weighted by Gasteiger charge is 2.32. The van der Waals surface area contributed by atoms with Crippen molar-refractivity contribution in [1.29, 1.82) is 0 Å². The summed E-state index contributed by atoms with van der Waals surface area (Å²) in [5.74, 6) is 0.427. The van der Waals surface area contributed by atoms with Crippen molar-refractivity contribution in [1.82, 2.24) is 14.8 Å². The molecule has 1 aliphatic rings. The van der Waals surface area contributed by atoms with E-state index < -0.39 is 0 Å². The summed E-state index contributed by atoms with van der Waals surface area (Å²) in [6.07, 6.45) is 1.71. The minimum atomic E-state index is -0.206. The molecular weight excluding hydrogens is 402 g/mol. The lowest BCUT2D eigenvalue weighted by Crippen LogP contribution is -2.46. The lowest BCUT2D eigenvalue weighted by atomic mass is 9.95. The van der Waals surface area contributed by atoms with Gasteiger partial charge >= 0.3 is 0 Å². The number of rotatable bonds is 6. The predicted molar refractivity (Wildman–Crippen MR) is 115 cm³/mol. The number of likely N-dealkylation sites (tertiary alicyclic amines) is 1. The number of piperidine rings is 1. The fourth-order valence-corrected chi connectivity index (χ4v) is 3.95. The first-order valence-electron chi connectivity index (χ1n) is 10.1. The third-order valence-corrected chi connectivity index (χ3v) is 5.77. The zero-order valence-corrected chi connectivity index (χ0v) is 17.6. The van der Waals surface area contributed by atoms with Crippen molar-refractivity contribution in [2.45, 2.75) is 25.8 Å². The van der Waals surface area contributed by atoms with Crippen LogP contribution >= 0.6 is 11.6 Å². The monoisotopic (exact) mass is 425 g/mol. The van der Waals surface area contributed by atoms with Crippen LogP contribution in [0.2, 0.25) is 5.02 Å². The smallest absolute Gasteiger partial charge is 0.227 e. The quantitative estimate of drug-likeness (QED) is 0.600. The minimum absolute atomic E-state index is 0.0150. The Hall–Kier alpha value is -2.86. The molecule has 2 heterocycles. The summed E-state index contributed by atoms with van der Waals surface area (Å²) in [5, 5.41) is 0.695. The van der Waals surface area contributed by atoms with Crippen LogP contribution in [-0.2, 0) is 22.6 Å². The van der Waals surface area contributed by atoms with Crippen molar-refractivity contribution in [2.24, 2.45) is 5.92 Å². The van der Waals surface area contributed by atoms with Gasteiger partial charge in [0.15, 0.2) is 5.58 Å². The number of hydrogen-bond acceptors (Lipinski definition) is 4. The van der Waals surface area contributed by atoms with Gasteiger partial charge in [-0.1, -0.05) is 35.9 Å². The Labute approximate surface area is 180 Å². The predicted octanol–water partition coefficient (Wildman–Crippen LogP) is 3.92. The Morgan fingerprint density at radius 2 is 2.00 bits per heavy atom. The summed E-state index contributed by atoms with van der Waals surface area (Å²) in [5.41, 5.74) is 2.61. The highest BCUT2D eigenvalue weighted by molar-refractivity contribution is 6.30. The van der Waals surface area contributed by atoms with E-state index in [9.17, 15) is 9.59 Å². The second-order valence-corrected chi connectivity index (χ2v) is 8.16. The molecule has 6 nitrogen and oxygen atoms in total. The van der Waals surface area contributed by atoms with E-state index in [4.69, 9.17) is 16.0 Å². The molecule has 2 aromatic carbocycles. The number of carbonyl (C=O) groups excluding carboxylic acids is 2. The fraction of sp³-hybridized carbons (Fsp3) is 0.348. The van der Waals surface area contributed by atoms with Crippen LogP contribution < -0.4 is 0 Å². The number of nitrogens with zero attached hydrogens (tertiary/aromatic N) is 3. The Morgan fingerprint density at radius 3 is 2.77 bits per heavy atom. The van der Waals surface area contributed by atoms with E-state index in [2.05, 4.69) is 4.98 Å². The number of amides is 2. The minimum Gasteiger partial charge on any atom is -0.439 e. The summed E-state index contributed by atoms with van der Waals surface area (Å²) in [6.45, 7) is 1.35. The van der Waals surface area contributed by atoms with Crippen LogP contribution in [0, 0.1) is 5.92 Å². The summed E-state index contributed by atoms with van der Waals surface area (Å²) in [6, 6.07) is 15.2. The first kappa shape index (κ1) is 20.4. The van der Waals surface area contributed by atoms with Crippen LogP contribution in [-0.4, -0.2) is 46.7 Å². The van der Waals surface area contributed by atoms with Crippen LogP contribution in [0.1, 0.15) is 24.3 Å².